The van der Waals surface area contributed by atoms with Crippen LogP contribution in [0.4, 0.5) is 0 Å². The molecule has 1 unspecified atom stereocenters. The average Bonchev–Trinajstić information content (AvgIpc) is 2.30. The monoisotopic (exact) mass is 222 g/mol. The molecule has 0 saturated heterocycles. The summed E-state index contributed by atoms with van der Waals surface area (Å²) in [4.78, 5) is 4.06. The van der Waals surface area contributed by atoms with E-state index in [1.54, 1.807) is 7.11 Å². The van der Waals surface area contributed by atoms with Gasteiger partial charge in [-0.1, -0.05) is 13.8 Å². The highest BCUT2D eigenvalue weighted by atomic mass is 16.5. The van der Waals surface area contributed by atoms with Crippen LogP contribution in [0.25, 0.3) is 0 Å². The number of nitrogens with zero attached hydrogens (tertiary/aromatic N) is 1. The van der Waals surface area contributed by atoms with Gasteiger partial charge in [0.1, 0.15) is 0 Å². The summed E-state index contributed by atoms with van der Waals surface area (Å²) in [5.74, 6) is 1.16. The van der Waals surface area contributed by atoms with Gasteiger partial charge in [-0.2, -0.15) is 0 Å². The van der Waals surface area contributed by atoms with Gasteiger partial charge in [-0.05, 0) is 29.5 Å². The van der Waals surface area contributed by atoms with Crippen molar-refractivity contribution in [3.8, 4) is 0 Å². The number of pyridine rings is 1. The summed E-state index contributed by atoms with van der Waals surface area (Å²) >= 11 is 0. The fraction of sp³-hybridized carbons (Fsp3) is 0.615. The Hall–Kier alpha value is -0.930. The number of ether oxygens (including phenoxy) is 1. The van der Waals surface area contributed by atoms with Crippen LogP contribution in [0.2, 0.25) is 0 Å². The summed E-state index contributed by atoms with van der Waals surface area (Å²) in [6, 6.07) is 4.20. The van der Waals surface area contributed by atoms with E-state index in [0.717, 1.165) is 19.7 Å². The Morgan fingerprint density at radius 1 is 1.31 bits per heavy atom. The normalized spacial score (nSPS) is 13.0. The van der Waals surface area contributed by atoms with Crippen molar-refractivity contribution in [3.63, 3.8) is 0 Å². The average molecular weight is 222 g/mol. The van der Waals surface area contributed by atoms with Crippen molar-refractivity contribution in [2.75, 3.05) is 26.8 Å². The van der Waals surface area contributed by atoms with Crippen molar-refractivity contribution >= 4 is 0 Å². The third-order valence-electron chi connectivity index (χ3n) is 2.79. The molecule has 1 heterocycles. The molecule has 3 heteroatoms. The maximum absolute atomic E-state index is 5.02. The molecule has 0 fully saturated rings. The second-order valence-corrected chi connectivity index (χ2v) is 4.33. The van der Waals surface area contributed by atoms with E-state index < -0.39 is 0 Å². The largest absolute Gasteiger partial charge is 0.383 e. The molecule has 0 aliphatic heterocycles. The molecule has 16 heavy (non-hydrogen) atoms. The van der Waals surface area contributed by atoms with Gasteiger partial charge in [0.05, 0.1) is 6.61 Å². The van der Waals surface area contributed by atoms with Crippen LogP contribution >= 0.6 is 0 Å². The molecule has 0 aliphatic carbocycles. The zero-order chi connectivity index (χ0) is 11.8. The summed E-state index contributed by atoms with van der Waals surface area (Å²) < 4.78 is 5.02. The van der Waals surface area contributed by atoms with E-state index in [2.05, 4.69) is 36.3 Å². The lowest BCUT2D eigenvalue weighted by atomic mass is 9.89. The van der Waals surface area contributed by atoms with E-state index in [-0.39, 0.29) is 0 Å². The predicted molar refractivity (Wildman–Crippen MR) is 66.6 cm³/mol. The van der Waals surface area contributed by atoms with Crippen LogP contribution in [-0.2, 0) is 4.74 Å². The van der Waals surface area contributed by atoms with Gasteiger partial charge >= 0.3 is 0 Å². The molecule has 0 amide bonds. The van der Waals surface area contributed by atoms with Crippen LogP contribution in [0.5, 0.6) is 0 Å². The van der Waals surface area contributed by atoms with Crippen molar-refractivity contribution in [1.82, 2.24) is 10.3 Å². The first-order chi connectivity index (χ1) is 7.75. The molecular formula is C13H22N2O. The van der Waals surface area contributed by atoms with Crippen LogP contribution in [-0.4, -0.2) is 31.8 Å². The molecular weight excluding hydrogens is 200 g/mol. The highest BCUT2D eigenvalue weighted by molar-refractivity contribution is 5.16. The second kappa shape index (κ2) is 7.36. The summed E-state index contributed by atoms with van der Waals surface area (Å²) in [5, 5.41) is 3.42. The van der Waals surface area contributed by atoms with Gasteiger partial charge < -0.3 is 10.1 Å². The third-order valence-corrected chi connectivity index (χ3v) is 2.79. The first kappa shape index (κ1) is 13.1. The number of hydrogen-bond acceptors (Lipinski definition) is 3. The number of hydrogen-bond donors (Lipinski definition) is 1. The molecule has 0 aliphatic rings. The van der Waals surface area contributed by atoms with Gasteiger partial charge in [0.25, 0.3) is 0 Å². The second-order valence-electron chi connectivity index (χ2n) is 4.33. The standard InChI is InChI=1S/C13H22N2O/c1-11(2)13(10-15-8-9-16-3)12-4-6-14-7-5-12/h4-7,11,13,15H,8-10H2,1-3H3. The maximum atomic E-state index is 5.02. The quantitative estimate of drug-likeness (QED) is 0.717. The highest BCUT2D eigenvalue weighted by Gasteiger charge is 2.14. The number of nitrogens with one attached hydrogen (secondary N) is 1. The van der Waals surface area contributed by atoms with Gasteiger partial charge in [0, 0.05) is 32.6 Å². The van der Waals surface area contributed by atoms with E-state index >= 15 is 0 Å². The van der Waals surface area contributed by atoms with Crippen molar-refractivity contribution in [2.45, 2.75) is 19.8 Å². The van der Waals surface area contributed by atoms with Gasteiger partial charge in [-0.3, -0.25) is 4.98 Å². The minimum Gasteiger partial charge on any atom is -0.383 e. The van der Waals surface area contributed by atoms with E-state index in [9.17, 15) is 0 Å². The zero-order valence-electron chi connectivity index (χ0n) is 10.4. The fourth-order valence-electron chi connectivity index (χ4n) is 1.78. The Labute approximate surface area is 98.2 Å². The minimum atomic E-state index is 0.542. The molecule has 1 aromatic heterocycles. The molecule has 90 valence electrons. The Morgan fingerprint density at radius 2 is 2.00 bits per heavy atom. The SMILES string of the molecule is COCCNCC(c1ccncc1)C(C)C. The predicted octanol–water partition coefficient (Wildman–Crippen LogP) is 2.06. The van der Waals surface area contributed by atoms with Gasteiger partial charge in [0.2, 0.25) is 0 Å². The lowest BCUT2D eigenvalue weighted by Crippen LogP contribution is -2.27. The van der Waals surface area contributed by atoms with Crippen LogP contribution in [0.3, 0.4) is 0 Å². The van der Waals surface area contributed by atoms with E-state index in [4.69, 9.17) is 4.74 Å². The Morgan fingerprint density at radius 3 is 2.56 bits per heavy atom. The Kier molecular flexibility index (Phi) is 6.04. The molecule has 1 rings (SSSR count). The van der Waals surface area contributed by atoms with E-state index in [0.29, 0.717) is 11.8 Å². The van der Waals surface area contributed by atoms with Crippen molar-refractivity contribution in [3.05, 3.63) is 30.1 Å². The van der Waals surface area contributed by atoms with Crippen LogP contribution in [0.15, 0.2) is 24.5 Å². The molecule has 3 nitrogen and oxygen atoms in total. The van der Waals surface area contributed by atoms with Crippen molar-refractivity contribution in [1.29, 1.82) is 0 Å². The van der Waals surface area contributed by atoms with Crippen LogP contribution < -0.4 is 5.32 Å². The topological polar surface area (TPSA) is 34.1 Å². The highest BCUT2D eigenvalue weighted by Crippen LogP contribution is 2.22. The van der Waals surface area contributed by atoms with Gasteiger partial charge in [-0.15, -0.1) is 0 Å². The Balaban J connectivity index is 2.49. The first-order valence-corrected chi connectivity index (χ1v) is 5.85. The zero-order valence-corrected chi connectivity index (χ0v) is 10.4. The van der Waals surface area contributed by atoms with Crippen LogP contribution in [0, 0.1) is 5.92 Å². The van der Waals surface area contributed by atoms with Gasteiger partial charge in [-0.25, -0.2) is 0 Å². The molecule has 0 spiro atoms. The lowest BCUT2D eigenvalue weighted by molar-refractivity contribution is 0.198. The third kappa shape index (κ3) is 4.29. The molecule has 1 N–H and O–H groups in total. The van der Waals surface area contributed by atoms with E-state index in [1.807, 2.05) is 12.4 Å². The molecule has 0 aromatic carbocycles. The molecule has 0 radical (unpaired) electrons. The first-order valence-electron chi connectivity index (χ1n) is 5.85. The summed E-state index contributed by atoms with van der Waals surface area (Å²) in [7, 11) is 1.73. The lowest BCUT2D eigenvalue weighted by Gasteiger charge is -2.21. The van der Waals surface area contributed by atoms with Crippen LogP contribution in [0.1, 0.15) is 25.3 Å². The minimum absolute atomic E-state index is 0.542. The van der Waals surface area contributed by atoms with Crippen molar-refractivity contribution in [2.24, 2.45) is 5.92 Å². The number of rotatable bonds is 7. The fourth-order valence-corrected chi connectivity index (χ4v) is 1.78. The smallest absolute Gasteiger partial charge is 0.0587 e. The van der Waals surface area contributed by atoms with Gasteiger partial charge in [0.15, 0.2) is 0 Å². The molecule has 1 aromatic rings. The van der Waals surface area contributed by atoms with Crippen molar-refractivity contribution < 1.29 is 4.74 Å². The Bertz CT molecular complexity index is 275. The van der Waals surface area contributed by atoms with E-state index in [1.165, 1.54) is 5.56 Å². The molecule has 1 atom stereocenters. The summed E-state index contributed by atoms with van der Waals surface area (Å²) in [6.45, 7) is 7.17. The summed E-state index contributed by atoms with van der Waals surface area (Å²) in [6.07, 6.45) is 3.72. The molecule has 0 bridgehead atoms. The summed E-state index contributed by atoms with van der Waals surface area (Å²) in [5.41, 5.74) is 1.36. The maximum Gasteiger partial charge on any atom is 0.0587 e. The molecule has 0 saturated carbocycles. The number of methoxy groups -OCH3 is 1. The number of aromatic nitrogens is 1.